The molecule has 0 spiro atoms. The van der Waals surface area contributed by atoms with Crippen LogP contribution in [0.5, 0.6) is 0 Å². The predicted molar refractivity (Wildman–Crippen MR) is 85.8 cm³/mol. The number of benzene rings is 1. The average Bonchev–Trinajstić information content (AvgIpc) is 3.25. The van der Waals surface area contributed by atoms with Gasteiger partial charge in [-0.05, 0) is 55.2 Å². The van der Waals surface area contributed by atoms with Crippen molar-refractivity contribution in [1.29, 1.82) is 0 Å². The van der Waals surface area contributed by atoms with E-state index in [1.54, 1.807) is 0 Å². The summed E-state index contributed by atoms with van der Waals surface area (Å²) in [5.41, 5.74) is 1.47. The molecule has 1 N–H and O–H groups in total. The van der Waals surface area contributed by atoms with E-state index in [1.165, 1.54) is 42.6 Å². The molecule has 1 aromatic carbocycles. The highest BCUT2D eigenvalue weighted by molar-refractivity contribution is 7.99. The largest absolute Gasteiger partial charge is 0.310 e. The first-order valence-corrected chi connectivity index (χ1v) is 8.78. The summed E-state index contributed by atoms with van der Waals surface area (Å²) in [4.78, 5) is 1.39. The second-order valence-electron chi connectivity index (χ2n) is 5.53. The highest BCUT2D eigenvalue weighted by atomic mass is 32.2. The molecule has 1 fully saturated rings. The van der Waals surface area contributed by atoms with E-state index in [-0.39, 0.29) is 0 Å². The molecule has 0 radical (unpaired) electrons. The number of hydrogen-bond donors (Lipinski definition) is 1. The normalized spacial score (nSPS) is 16.5. The van der Waals surface area contributed by atoms with Crippen LogP contribution >= 0.6 is 11.8 Å². The minimum atomic E-state index is 0.557. The molecule has 19 heavy (non-hydrogen) atoms. The Morgan fingerprint density at radius 3 is 2.53 bits per heavy atom. The van der Waals surface area contributed by atoms with Gasteiger partial charge in [0, 0.05) is 10.9 Å². The van der Waals surface area contributed by atoms with Crippen molar-refractivity contribution in [2.75, 3.05) is 12.3 Å². The van der Waals surface area contributed by atoms with Gasteiger partial charge < -0.3 is 5.32 Å². The van der Waals surface area contributed by atoms with Crippen LogP contribution in [0.1, 0.15) is 57.6 Å². The molecule has 0 heterocycles. The van der Waals surface area contributed by atoms with Crippen molar-refractivity contribution in [3.8, 4) is 0 Å². The maximum absolute atomic E-state index is 3.71. The van der Waals surface area contributed by atoms with E-state index in [0.717, 1.165) is 18.2 Å². The first-order chi connectivity index (χ1) is 9.33. The van der Waals surface area contributed by atoms with Crippen LogP contribution in [0.25, 0.3) is 0 Å². The van der Waals surface area contributed by atoms with Crippen LogP contribution in [0.15, 0.2) is 29.2 Å². The second-order valence-corrected chi connectivity index (χ2v) is 6.87. The summed E-state index contributed by atoms with van der Waals surface area (Å²) >= 11 is 1.92. The summed E-state index contributed by atoms with van der Waals surface area (Å²) < 4.78 is 0. The lowest BCUT2D eigenvalue weighted by molar-refractivity contribution is 0.470. The van der Waals surface area contributed by atoms with E-state index in [1.807, 2.05) is 11.8 Å². The van der Waals surface area contributed by atoms with Crippen LogP contribution in [-0.4, -0.2) is 12.3 Å². The van der Waals surface area contributed by atoms with E-state index in [4.69, 9.17) is 0 Å². The average molecular weight is 277 g/mol. The Hall–Kier alpha value is -0.470. The first-order valence-electron chi connectivity index (χ1n) is 7.79. The quantitative estimate of drug-likeness (QED) is 0.635. The van der Waals surface area contributed by atoms with Crippen LogP contribution < -0.4 is 5.32 Å². The lowest BCUT2D eigenvalue weighted by atomic mass is 10.0. The van der Waals surface area contributed by atoms with E-state index in [0.29, 0.717) is 6.04 Å². The zero-order valence-electron chi connectivity index (χ0n) is 12.3. The zero-order chi connectivity index (χ0) is 13.5. The Kier molecular flexibility index (Phi) is 6.25. The highest BCUT2D eigenvalue weighted by Gasteiger charge is 2.22. The Balaban J connectivity index is 1.93. The van der Waals surface area contributed by atoms with Crippen LogP contribution in [-0.2, 0) is 0 Å². The van der Waals surface area contributed by atoms with Crippen molar-refractivity contribution in [1.82, 2.24) is 5.32 Å². The zero-order valence-corrected chi connectivity index (χ0v) is 13.1. The van der Waals surface area contributed by atoms with Crippen molar-refractivity contribution in [2.45, 2.75) is 56.9 Å². The molecule has 1 saturated carbocycles. The van der Waals surface area contributed by atoms with E-state index in [2.05, 4.69) is 43.4 Å². The lowest BCUT2D eigenvalue weighted by Crippen LogP contribution is -2.22. The first kappa shape index (κ1) is 14.9. The highest BCUT2D eigenvalue weighted by Crippen LogP contribution is 2.36. The minimum absolute atomic E-state index is 0.557. The van der Waals surface area contributed by atoms with Crippen LogP contribution in [0.4, 0.5) is 0 Å². The molecular weight excluding hydrogens is 250 g/mol. The molecular formula is C17H27NS. The Labute approximate surface area is 122 Å². The van der Waals surface area contributed by atoms with Crippen molar-refractivity contribution in [3.05, 3.63) is 29.8 Å². The SMILES string of the molecule is CCCNC(CCC1CC1)c1ccc(SCC)cc1. The molecule has 1 aliphatic rings. The van der Waals surface area contributed by atoms with Crippen molar-refractivity contribution >= 4 is 11.8 Å². The van der Waals surface area contributed by atoms with Gasteiger partial charge in [-0.15, -0.1) is 11.8 Å². The molecule has 1 unspecified atom stereocenters. The number of hydrogen-bond acceptors (Lipinski definition) is 2. The maximum atomic E-state index is 3.71. The molecule has 0 saturated heterocycles. The molecule has 106 valence electrons. The molecule has 0 bridgehead atoms. The standard InChI is InChI=1S/C17H27NS/c1-3-13-18-17(12-7-14-5-6-14)15-8-10-16(11-9-15)19-4-2/h8-11,14,17-18H,3-7,12-13H2,1-2H3. The topological polar surface area (TPSA) is 12.0 Å². The fourth-order valence-corrected chi connectivity index (χ4v) is 3.14. The second kappa shape index (κ2) is 7.96. The molecule has 1 aliphatic carbocycles. The smallest absolute Gasteiger partial charge is 0.0320 e. The molecule has 1 atom stereocenters. The molecule has 0 amide bonds. The van der Waals surface area contributed by atoms with Gasteiger partial charge in [0.25, 0.3) is 0 Å². The van der Waals surface area contributed by atoms with E-state index < -0.39 is 0 Å². The Bertz CT molecular complexity index is 356. The third kappa shape index (κ3) is 5.19. The minimum Gasteiger partial charge on any atom is -0.310 e. The summed E-state index contributed by atoms with van der Waals surface area (Å²) in [6.07, 6.45) is 6.83. The summed E-state index contributed by atoms with van der Waals surface area (Å²) in [5.74, 6) is 2.18. The maximum Gasteiger partial charge on any atom is 0.0320 e. The summed E-state index contributed by atoms with van der Waals surface area (Å²) in [7, 11) is 0. The van der Waals surface area contributed by atoms with Crippen LogP contribution in [0.2, 0.25) is 0 Å². The van der Waals surface area contributed by atoms with Gasteiger partial charge in [0.2, 0.25) is 0 Å². The van der Waals surface area contributed by atoms with Gasteiger partial charge >= 0.3 is 0 Å². The van der Waals surface area contributed by atoms with E-state index >= 15 is 0 Å². The van der Waals surface area contributed by atoms with Crippen molar-refractivity contribution < 1.29 is 0 Å². The molecule has 1 aromatic rings. The van der Waals surface area contributed by atoms with Crippen LogP contribution in [0, 0.1) is 5.92 Å². The van der Waals surface area contributed by atoms with Crippen molar-refractivity contribution in [3.63, 3.8) is 0 Å². The van der Waals surface area contributed by atoms with Gasteiger partial charge in [0.05, 0.1) is 0 Å². The van der Waals surface area contributed by atoms with Gasteiger partial charge in [0.15, 0.2) is 0 Å². The Morgan fingerprint density at radius 1 is 1.21 bits per heavy atom. The van der Waals surface area contributed by atoms with Crippen molar-refractivity contribution in [2.24, 2.45) is 5.92 Å². The molecule has 0 aromatic heterocycles. The fourth-order valence-electron chi connectivity index (χ4n) is 2.48. The molecule has 1 nitrogen and oxygen atoms in total. The molecule has 2 heteroatoms. The van der Waals surface area contributed by atoms with Gasteiger partial charge in [-0.3, -0.25) is 0 Å². The summed E-state index contributed by atoms with van der Waals surface area (Å²) in [5, 5.41) is 3.71. The summed E-state index contributed by atoms with van der Waals surface area (Å²) in [6, 6.07) is 9.75. The third-order valence-corrected chi connectivity index (χ3v) is 4.69. The third-order valence-electron chi connectivity index (χ3n) is 3.79. The summed E-state index contributed by atoms with van der Waals surface area (Å²) in [6.45, 7) is 5.58. The number of rotatable bonds is 9. The van der Waals surface area contributed by atoms with Gasteiger partial charge in [-0.2, -0.15) is 0 Å². The van der Waals surface area contributed by atoms with Gasteiger partial charge in [-0.1, -0.05) is 38.8 Å². The Morgan fingerprint density at radius 2 is 1.95 bits per heavy atom. The van der Waals surface area contributed by atoms with Gasteiger partial charge in [0.1, 0.15) is 0 Å². The van der Waals surface area contributed by atoms with Crippen LogP contribution in [0.3, 0.4) is 0 Å². The lowest BCUT2D eigenvalue weighted by Gasteiger charge is -2.19. The van der Waals surface area contributed by atoms with E-state index in [9.17, 15) is 0 Å². The number of thioether (sulfide) groups is 1. The van der Waals surface area contributed by atoms with Gasteiger partial charge in [-0.25, -0.2) is 0 Å². The predicted octanol–water partition coefficient (Wildman–Crippen LogP) is 5.03. The molecule has 0 aliphatic heterocycles. The monoisotopic (exact) mass is 277 g/mol. The number of nitrogens with one attached hydrogen (secondary N) is 1. The fraction of sp³-hybridized carbons (Fsp3) is 0.647. The molecule has 2 rings (SSSR count).